The quantitative estimate of drug-likeness (QED) is 0.346. The van der Waals surface area contributed by atoms with E-state index in [1.807, 2.05) is 80.6 Å². The molecule has 3 aliphatic heterocycles. The number of nitrogens with zero attached hydrogens (tertiary/aromatic N) is 3. The third kappa shape index (κ3) is 6.33. The largest absolute Gasteiger partial charge is 0.454 e. The molecule has 0 fully saturated rings. The second kappa shape index (κ2) is 12.9. The van der Waals surface area contributed by atoms with Crippen molar-refractivity contribution in [2.24, 2.45) is 9.98 Å². The number of carbonyl (C=O) groups excluding carboxylic acids is 3. The number of carbonyl (C=O) groups is 3. The van der Waals surface area contributed by atoms with Gasteiger partial charge in [0.05, 0.1) is 10.9 Å². The Morgan fingerprint density at radius 2 is 1.75 bits per heavy atom. The van der Waals surface area contributed by atoms with Gasteiger partial charge in [0.2, 0.25) is 18.6 Å². The summed E-state index contributed by atoms with van der Waals surface area (Å²) >= 11 is 1.26. The van der Waals surface area contributed by atoms with Crippen molar-refractivity contribution in [1.29, 1.82) is 0 Å². The maximum Gasteiger partial charge on any atom is 0.259 e. The van der Waals surface area contributed by atoms with Gasteiger partial charge in [0.15, 0.2) is 16.7 Å². The summed E-state index contributed by atoms with van der Waals surface area (Å²) in [7, 11) is 0. The summed E-state index contributed by atoms with van der Waals surface area (Å²) in [5.41, 5.74) is 4.50. The number of nitrogens with one attached hydrogen (secondary N) is 2. The summed E-state index contributed by atoms with van der Waals surface area (Å²) in [5, 5.41) is 5.89. The van der Waals surface area contributed by atoms with Gasteiger partial charge in [0, 0.05) is 25.1 Å². The number of hydrogen-bond acceptors (Lipinski definition) is 8. The van der Waals surface area contributed by atoms with Crippen molar-refractivity contribution in [2.45, 2.75) is 57.5 Å². The van der Waals surface area contributed by atoms with Gasteiger partial charge in [-0.05, 0) is 55.2 Å². The van der Waals surface area contributed by atoms with E-state index in [0.29, 0.717) is 47.7 Å². The fraction of sp³-hybridized carbons (Fsp3) is 0.303. The van der Waals surface area contributed by atoms with Gasteiger partial charge in [-0.1, -0.05) is 66.7 Å². The minimum absolute atomic E-state index is 0.125. The Morgan fingerprint density at radius 1 is 1.00 bits per heavy atom. The van der Waals surface area contributed by atoms with Crippen molar-refractivity contribution < 1.29 is 23.9 Å². The first-order valence-electron chi connectivity index (χ1n) is 14.6. The van der Waals surface area contributed by atoms with Gasteiger partial charge in [-0.2, -0.15) is 0 Å². The first-order valence-corrected chi connectivity index (χ1v) is 15.5. The number of amidine groups is 2. The molecule has 2 atom stereocenters. The lowest BCUT2D eigenvalue weighted by Gasteiger charge is -2.27. The normalized spacial score (nSPS) is 16.9. The third-order valence-corrected chi connectivity index (χ3v) is 8.93. The molecule has 6 rings (SSSR count). The zero-order chi connectivity index (χ0) is 30.6. The molecule has 3 aromatic carbocycles. The van der Waals surface area contributed by atoms with Crippen molar-refractivity contribution in [3.05, 3.63) is 89.0 Å². The van der Waals surface area contributed by atoms with E-state index in [1.165, 1.54) is 16.7 Å². The molecule has 3 aliphatic rings. The van der Waals surface area contributed by atoms with Crippen LogP contribution in [-0.4, -0.2) is 51.7 Å². The number of benzene rings is 3. The van der Waals surface area contributed by atoms with Crippen molar-refractivity contribution in [2.75, 3.05) is 6.79 Å². The Bertz CT molecular complexity index is 1650. The lowest BCUT2D eigenvalue weighted by atomic mass is 10.1. The van der Waals surface area contributed by atoms with Crippen LogP contribution in [0.15, 0.2) is 76.7 Å². The fourth-order valence-corrected chi connectivity index (χ4v) is 6.18. The van der Waals surface area contributed by atoms with Crippen LogP contribution in [0.2, 0.25) is 0 Å². The smallest absolute Gasteiger partial charge is 0.259 e. The molecule has 3 amide bonds. The first-order chi connectivity index (χ1) is 21.4. The number of thioether (sulfide) groups is 1. The lowest BCUT2D eigenvalue weighted by Crippen LogP contribution is -2.43. The molecule has 11 heteroatoms. The number of fused-ring (bicyclic) bond motifs is 4. The number of hydrogen-bond donors (Lipinski definition) is 2. The molecule has 226 valence electrons. The zero-order valence-corrected chi connectivity index (χ0v) is 25.4. The fourth-order valence-electron chi connectivity index (χ4n) is 5.14. The van der Waals surface area contributed by atoms with E-state index in [9.17, 15) is 14.4 Å². The molecule has 0 radical (unpaired) electrons. The van der Waals surface area contributed by atoms with Crippen molar-refractivity contribution >= 4 is 46.2 Å². The molecule has 2 N–H and O–H groups in total. The lowest BCUT2D eigenvalue weighted by molar-refractivity contribution is -0.125. The second-order valence-corrected chi connectivity index (χ2v) is 11.9. The summed E-state index contributed by atoms with van der Waals surface area (Å²) in [4.78, 5) is 50.7. The molecule has 0 aromatic heterocycles. The highest BCUT2D eigenvalue weighted by molar-refractivity contribution is 8.15. The average molecular weight is 612 g/mol. The van der Waals surface area contributed by atoms with Crippen LogP contribution in [0.1, 0.15) is 48.4 Å². The number of rotatable bonds is 10. The van der Waals surface area contributed by atoms with Crippen LogP contribution in [0.25, 0.3) is 0 Å². The van der Waals surface area contributed by atoms with Crippen molar-refractivity contribution in [3.8, 4) is 11.5 Å². The highest BCUT2D eigenvalue weighted by atomic mass is 32.2. The second-order valence-electron chi connectivity index (χ2n) is 10.8. The van der Waals surface area contributed by atoms with E-state index in [1.54, 1.807) is 0 Å². The van der Waals surface area contributed by atoms with E-state index in [4.69, 9.17) is 19.5 Å². The Kier molecular flexibility index (Phi) is 8.65. The Labute approximate surface area is 259 Å². The molecule has 0 spiro atoms. The number of ether oxygens (including phenoxy) is 2. The highest BCUT2D eigenvalue weighted by Crippen LogP contribution is 2.36. The molecule has 3 aromatic rings. The summed E-state index contributed by atoms with van der Waals surface area (Å²) in [5.74, 6) is 1.29. The van der Waals surface area contributed by atoms with Gasteiger partial charge in [0.1, 0.15) is 11.9 Å². The van der Waals surface area contributed by atoms with Crippen LogP contribution >= 0.6 is 11.8 Å². The summed E-state index contributed by atoms with van der Waals surface area (Å²) in [6, 6.07) is 20.3. The van der Waals surface area contributed by atoms with E-state index >= 15 is 0 Å². The van der Waals surface area contributed by atoms with Crippen LogP contribution in [-0.2, 0) is 27.5 Å². The monoisotopic (exact) mass is 611 g/mol. The Morgan fingerprint density at radius 3 is 2.57 bits per heavy atom. The molecular formula is C33H33N5O5S. The summed E-state index contributed by atoms with van der Waals surface area (Å²) in [6.07, 6.45) is 0.929. The van der Waals surface area contributed by atoms with Gasteiger partial charge in [0.25, 0.3) is 5.91 Å². The molecule has 0 saturated carbocycles. The number of aliphatic imine (C=N–C) groups is 2. The molecule has 44 heavy (non-hydrogen) atoms. The van der Waals surface area contributed by atoms with Crippen molar-refractivity contribution in [3.63, 3.8) is 0 Å². The van der Waals surface area contributed by atoms with Crippen molar-refractivity contribution in [1.82, 2.24) is 15.5 Å². The Hall–Kier alpha value is -4.64. The summed E-state index contributed by atoms with van der Waals surface area (Å²) in [6.45, 7) is 4.90. The topological polar surface area (TPSA) is 122 Å². The van der Waals surface area contributed by atoms with Gasteiger partial charge in [-0.25, -0.2) is 9.89 Å². The summed E-state index contributed by atoms with van der Waals surface area (Å²) < 4.78 is 10.7. The van der Waals surface area contributed by atoms with Crippen LogP contribution in [0.5, 0.6) is 11.5 Å². The highest BCUT2D eigenvalue weighted by Gasteiger charge is 2.42. The minimum atomic E-state index is -0.728. The third-order valence-electron chi connectivity index (χ3n) is 7.62. The average Bonchev–Trinajstić information content (AvgIpc) is 3.65. The Balaban J connectivity index is 1.10. The van der Waals surface area contributed by atoms with Gasteiger partial charge >= 0.3 is 0 Å². The zero-order valence-electron chi connectivity index (χ0n) is 24.5. The van der Waals surface area contributed by atoms with E-state index < -0.39 is 11.3 Å². The molecule has 10 nitrogen and oxygen atoms in total. The predicted octanol–water partition coefficient (Wildman–Crippen LogP) is 4.61. The van der Waals surface area contributed by atoms with Crippen LogP contribution < -0.4 is 20.1 Å². The van der Waals surface area contributed by atoms with Gasteiger partial charge < -0.3 is 20.1 Å². The number of amides is 3. The first kappa shape index (κ1) is 29.4. The molecule has 0 aliphatic carbocycles. The van der Waals surface area contributed by atoms with E-state index in [-0.39, 0.29) is 37.4 Å². The van der Waals surface area contributed by atoms with Crippen LogP contribution in [0.3, 0.4) is 0 Å². The SMILES string of the molecule is CC[C@@H](SC1=Nc2ccccc2C2=N[C@@H](CCC(=O)NCc3ccc4c(c3)OCO4)C(=O)N12)C(=O)NCc1ccc(C)cc1. The predicted molar refractivity (Wildman–Crippen MR) is 169 cm³/mol. The van der Waals surface area contributed by atoms with E-state index in [2.05, 4.69) is 10.6 Å². The molecule has 0 saturated heterocycles. The standard InChI is InChI=1S/C33H33N5O5S/c1-3-28(31(40)35-17-21-10-8-20(2)9-11-21)44-33-37-24-7-5-4-6-23(24)30-36-25(32(41)38(30)33)13-15-29(39)34-18-22-12-14-26-27(16-22)43-19-42-26/h4-12,14,16,25,28H,3,13,15,17-19H2,1-2H3,(H,34,39)(H,35,40)/t25-,28+/m0/s1. The number of para-hydroxylation sites is 1. The maximum atomic E-state index is 13.7. The number of aryl methyl sites for hydroxylation is 1. The molecule has 0 bridgehead atoms. The molecule has 0 unspecified atom stereocenters. The molecule has 3 heterocycles. The molecular weight excluding hydrogens is 578 g/mol. The van der Waals surface area contributed by atoms with E-state index in [0.717, 1.165) is 22.3 Å². The van der Waals surface area contributed by atoms with Crippen LogP contribution in [0.4, 0.5) is 5.69 Å². The van der Waals surface area contributed by atoms with Crippen LogP contribution in [0, 0.1) is 6.92 Å². The van der Waals surface area contributed by atoms with Gasteiger partial charge in [-0.15, -0.1) is 0 Å². The van der Waals surface area contributed by atoms with Gasteiger partial charge in [-0.3, -0.25) is 19.4 Å². The maximum absolute atomic E-state index is 13.7. The minimum Gasteiger partial charge on any atom is -0.454 e.